The van der Waals surface area contributed by atoms with Gasteiger partial charge in [0.05, 0.1) is 5.56 Å². The zero-order valence-electron chi connectivity index (χ0n) is 12.6. The van der Waals surface area contributed by atoms with Crippen molar-refractivity contribution in [2.75, 3.05) is 26.2 Å². The minimum atomic E-state index is -0.573. The van der Waals surface area contributed by atoms with Gasteiger partial charge in [0.15, 0.2) is 0 Å². The van der Waals surface area contributed by atoms with Gasteiger partial charge in [0.1, 0.15) is 5.82 Å². The molecule has 1 fully saturated rings. The lowest BCUT2D eigenvalue weighted by atomic mass is 10.1. The van der Waals surface area contributed by atoms with Crippen LogP contribution < -0.4 is 0 Å². The fourth-order valence-corrected chi connectivity index (χ4v) is 2.65. The Morgan fingerprint density at radius 2 is 1.82 bits per heavy atom. The van der Waals surface area contributed by atoms with Crippen LogP contribution in [0.4, 0.5) is 4.39 Å². The average Bonchev–Trinajstić information content (AvgIpc) is 2.54. The number of hydrogen-bond donors (Lipinski definition) is 0. The summed E-state index contributed by atoms with van der Waals surface area (Å²) in [5.41, 5.74) is -0.0155. The van der Waals surface area contributed by atoms with Crippen LogP contribution in [0, 0.1) is 5.82 Å². The van der Waals surface area contributed by atoms with Crippen molar-refractivity contribution in [3.63, 3.8) is 0 Å². The maximum absolute atomic E-state index is 13.7. The summed E-state index contributed by atoms with van der Waals surface area (Å²) in [5, 5.41) is 0.332. The molecule has 0 N–H and O–H groups in total. The molecule has 0 unspecified atom stereocenters. The number of halogens is 2. The van der Waals surface area contributed by atoms with E-state index in [1.807, 2.05) is 6.92 Å². The van der Waals surface area contributed by atoms with Gasteiger partial charge in [-0.2, -0.15) is 0 Å². The first kappa shape index (κ1) is 16.7. The van der Waals surface area contributed by atoms with Gasteiger partial charge in [0, 0.05) is 37.6 Å². The van der Waals surface area contributed by atoms with Gasteiger partial charge in [-0.1, -0.05) is 24.9 Å². The summed E-state index contributed by atoms with van der Waals surface area (Å²) in [7, 11) is 0. The van der Waals surface area contributed by atoms with Crippen LogP contribution >= 0.6 is 11.6 Å². The number of hydrogen-bond acceptors (Lipinski definition) is 2. The molecule has 0 aromatic heterocycles. The predicted molar refractivity (Wildman–Crippen MR) is 83.4 cm³/mol. The summed E-state index contributed by atoms with van der Waals surface area (Å²) >= 11 is 5.82. The molecule has 2 rings (SSSR count). The molecule has 4 nitrogen and oxygen atoms in total. The van der Waals surface area contributed by atoms with Crippen molar-refractivity contribution in [3.05, 3.63) is 34.6 Å². The molecule has 1 aromatic carbocycles. The molecule has 1 saturated heterocycles. The van der Waals surface area contributed by atoms with Gasteiger partial charge < -0.3 is 9.80 Å². The quantitative estimate of drug-likeness (QED) is 0.853. The second-order valence-electron chi connectivity index (χ2n) is 5.40. The van der Waals surface area contributed by atoms with Gasteiger partial charge in [0.25, 0.3) is 5.91 Å². The number of piperazine rings is 1. The van der Waals surface area contributed by atoms with Crippen LogP contribution in [0.25, 0.3) is 0 Å². The SMILES string of the molecule is CCCCC(=O)N1CCN(C(=O)c2cc(Cl)ccc2F)CC1. The number of nitrogens with zero attached hydrogens (tertiary/aromatic N) is 2. The van der Waals surface area contributed by atoms with Crippen molar-refractivity contribution in [1.82, 2.24) is 9.80 Å². The molecule has 0 atom stereocenters. The van der Waals surface area contributed by atoms with E-state index in [0.29, 0.717) is 37.6 Å². The minimum absolute atomic E-state index is 0.0155. The van der Waals surface area contributed by atoms with E-state index in [1.165, 1.54) is 18.2 Å². The fourth-order valence-electron chi connectivity index (χ4n) is 2.48. The molecule has 120 valence electrons. The lowest BCUT2D eigenvalue weighted by Gasteiger charge is -2.35. The zero-order valence-corrected chi connectivity index (χ0v) is 13.4. The maximum atomic E-state index is 13.7. The van der Waals surface area contributed by atoms with Crippen molar-refractivity contribution in [1.29, 1.82) is 0 Å². The molecule has 22 heavy (non-hydrogen) atoms. The maximum Gasteiger partial charge on any atom is 0.257 e. The normalized spacial score (nSPS) is 15.0. The molecule has 0 bridgehead atoms. The van der Waals surface area contributed by atoms with Crippen molar-refractivity contribution < 1.29 is 14.0 Å². The molecule has 1 aliphatic heterocycles. The van der Waals surface area contributed by atoms with Crippen LogP contribution in [0.1, 0.15) is 36.5 Å². The number of rotatable bonds is 4. The van der Waals surface area contributed by atoms with Gasteiger partial charge in [-0.3, -0.25) is 9.59 Å². The first-order valence-electron chi connectivity index (χ1n) is 7.55. The van der Waals surface area contributed by atoms with E-state index in [1.54, 1.807) is 9.80 Å². The van der Waals surface area contributed by atoms with E-state index in [-0.39, 0.29) is 17.4 Å². The standard InChI is InChI=1S/C16H20ClFN2O2/c1-2-3-4-15(21)19-7-9-20(10-8-19)16(22)13-11-12(17)5-6-14(13)18/h5-6,11H,2-4,7-10H2,1H3. The summed E-state index contributed by atoms with van der Waals surface area (Å²) < 4.78 is 13.7. The summed E-state index contributed by atoms with van der Waals surface area (Å²) in [4.78, 5) is 27.6. The Bertz CT molecular complexity index is 557. The van der Waals surface area contributed by atoms with E-state index in [9.17, 15) is 14.0 Å². The van der Waals surface area contributed by atoms with Crippen LogP contribution in [0.15, 0.2) is 18.2 Å². The van der Waals surface area contributed by atoms with E-state index in [4.69, 9.17) is 11.6 Å². The van der Waals surface area contributed by atoms with Crippen LogP contribution in [-0.4, -0.2) is 47.8 Å². The third-order valence-corrected chi connectivity index (χ3v) is 4.06. The lowest BCUT2D eigenvalue weighted by molar-refractivity contribution is -0.132. The number of carbonyl (C=O) groups excluding carboxylic acids is 2. The van der Waals surface area contributed by atoms with E-state index in [2.05, 4.69) is 0 Å². The van der Waals surface area contributed by atoms with Crippen LogP contribution in [0.2, 0.25) is 5.02 Å². The highest BCUT2D eigenvalue weighted by Crippen LogP contribution is 2.18. The summed E-state index contributed by atoms with van der Waals surface area (Å²) in [5.74, 6) is -0.820. The molecular weight excluding hydrogens is 307 g/mol. The van der Waals surface area contributed by atoms with Crippen molar-refractivity contribution in [3.8, 4) is 0 Å². The molecule has 0 saturated carbocycles. The number of amides is 2. The average molecular weight is 327 g/mol. The van der Waals surface area contributed by atoms with Crippen LogP contribution in [0.5, 0.6) is 0 Å². The number of carbonyl (C=O) groups is 2. The van der Waals surface area contributed by atoms with Gasteiger partial charge in [-0.05, 0) is 24.6 Å². The van der Waals surface area contributed by atoms with Crippen molar-refractivity contribution >= 4 is 23.4 Å². The zero-order chi connectivity index (χ0) is 16.1. The molecule has 1 aliphatic rings. The molecule has 0 spiro atoms. The Balaban J connectivity index is 1.95. The van der Waals surface area contributed by atoms with Gasteiger partial charge >= 0.3 is 0 Å². The summed E-state index contributed by atoms with van der Waals surface area (Å²) in [6, 6.07) is 3.95. The summed E-state index contributed by atoms with van der Waals surface area (Å²) in [6.45, 7) is 3.88. The first-order valence-corrected chi connectivity index (χ1v) is 7.92. The molecule has 2 amide bonds. The molecule has 6 heteroatoms. The monoisotopic (exact) mass is 326 g/mol. The predicted octanol–water partition coefficient (Wildman–Crippen LogP) is 2.95. The van der Waals surface area contributed by atoms with Crippen molar-refractivity contribution in [2.24, 2.45) is 0 Å². The smallest absolute Gasteiger partial charge is 0.257 e. The Labute approximate surface area is 134 Å². The van der Waals surface area contributed by atoms with E-state index in [0.717, 1.165) is 12.8 Å². The highest BCUT2D eigenvalue weighted by molar-refractivity contribution is 6.31. The Morgan fingerprint density at radius 1 is 1.18 bits per heavy atom. The molecule has 0 aliphatic carbocycles. The van der Waals surface area contributed by atoms with Gasteiger partial charge in [-0.15, -0.1) is 0 Å². The Morgan fingerprint density at radius 3 is 2.45 bits per heavy atom. The number of unbranched alkanes of at least 4 members (excludes halogenated alkanes) is 1. The Hall–Kier alpha value is -1.62. The largest absolute Gasteiger partial charge is 0.339 e. The lowest BCUT2D eigenvalue weighted by Crippen LogP contribution is -2.50. The second-order valence-corrected chi connectivity index (χ2v) is 5.84. The number of benzene rings is 1. The van der Waals surface area contributed by atoms with Crippen LogP contribution in [0.3, 0.4) is 0 Å². The highest BCUT2D eigenvalue weighted by Gasteiger charge is 2.26. The first-order chi connectivity index (χ1) is 10.5. The molecule has 1 heterocycles. The topological polar surface area (TPSA) is 40.6 Å². The van der Waals surface area contributed by atoms with Crippen LogP contribution in [-0.2, 0) is 4.79 Å². The third-order valence-electron chi connectivity index (χ3n) is 3.82. The van der Waals surface area contributed by atoms with Gasteiger partial charge in [-0.25, -0.2) is 4.39 Å². The minimum Gasteiger partial charge on any atom is -0.339 e. The molecule has 1 aromatic rings. The van der Waals surface area contributed by atoms with E-state index >= 15 is 0 Å². The highest BCUT2D eigenvalue weighted by atomic mass is 35.5. The molecule has 0 radical (unpaired) electrons. The molecular formula is C16H20ClFN2O2. The summed E-state index contributed by atoms with van der Waals surface area (Å²) in [6.07, 6.45) is 2.41. The fraction of sp³-hybridized carbons (Fsp3) is 0.500. The third kappa shape index (κ3) is 3.97. The Kier molecular flexibility index (Phi) is 5.77. The second kappa shape index (κ2) is 7.58. The van der Waals surface area contributed by atoms with Crippen molar-refractivity contribution in [2.45, 2.75) is 26.2 Å². The van der Waals surface area contributed by atoms with E-state index < -0.39 is 5.82 Å². The van der Waals surface area contributed by atoms with Gasteiger partial charge in [0.2, 0.25) is 5.91 Å².